The van der Waals surface area contributed by atoms with Crippen molar-refractivity contribution in [1.29, 1.82) is 0 Å². The number of carbonyl (C=O) groups excluding carboxylic acids is 1. The molecular weight excluding hydrogens is 254 g/mol. The number of urea groups is 1. The van der Waals surface area contributed by atoms with Gasteiger partial charge in [-0.15, -0.1) is 0 Å². The molecule has 0 heterocycles. The zero-order chi connectivity index (χ0) is 14.1. The smallest absolute Gasteiger partial charge is 0.326 e. The summed E-state index contributed by atoms with van der Waals surface area (Å²) in [4.78, 5) is 26.2. The van der Waals surface area contributed by atoms with E-state index in [-0.39, 0.29) is 6.03 Å². The number of hydrogen-bond donors (Lipinski definition) is 2. The molecule has 6 nitrogen and oxygen atoms in total. The van der Waals surface area contributed by atoms with Crippen molar-refractivity contribution in [2.45, 2.75) is 12.5 Å². The summed E-state index contributed by atoms with van der Waals surface area (Å²) in [6, 6.07) is -1.16. The molecule has 7 heteroatoms. The van der Waals surface area contributed by atoms with Crippen LogP contribution in [0.5, 0.6) is 0 Å². The van der Waals surface area contributed by atoms with Gasteiger partial charge in [0.15, 0.2) is 0 Å². The van der Waals surface area contributed by atoms with E-state index >= 15 is 0 Å². The molecular formula is C11H23N3O3S. The summed E-state index contributed by atoms with van der Waals surface area (Å²) in [6.07, 6.45) is 2.34. The summed E-state index contributed by atoms with van der Waals surface area (Å²) in [6.45, 7) is 1.31. The van der Waals surface area contributed by atoms with Crippen molar-refractivity contribution in [2.24, 2.45) is 0 Å². The zero-order valence-electron chi connectivity index (χ0n) is 11.5. The maximum Gasteiger partial charge on any atom is 0.326 e. The number of carboxylic acids is 1. The second kappa shape index (κ2) is 9.04. The highest BCUT2D eigenvalue weighted by atomic mass is 32.2. The second-order valence-corrected chi connectivity index (χ2v) is 5.33. The van der Waals surface area contributed by atoms with Gasteiger partial charge in [-0.1, -0.05) is 0 Å². The molecule has 2 amide bonds. The van der Waals surface area contributed by atoms with Crippen LogP contribution in [-0.4, -0.2) is 79.2 Å². The largest absolute Gasteiger partial charge is 0.480 e. The number of hydrogen-bond acceptors (Lipinski definition) is 4. The SMILES string of the molecule is CSCC[C@H](NC(=O)N(C)CCN(C)C)C(=O)O. The molecule has 0 aliphatic rings. The fourth-order valence-electron chi connectivity index (χ4n) is 1.20. The molecule has 0 saturated carbocycles. The minimum atomic E-state index is -0.988. The number of aliphatic carboxylic acids is 1. The molecule has 0 aromatic heterocycles. The number of thioether (sulfide) groups is 1. The van der Waals surface area contributed by atoms with E-state index in [9.17, 15) is 9.59 Å². The number of nitrogens with one attached hydrogen (secondary N) is 1. The van der Waals surface area contributed by atoms with E-state index in [1.54, 1.807) is 18.8 Å². The quantitative estimate of drug-likeness (QED) is 0.672. The Bertz CT molecular complexity index is 274. The maximum absolute atomic E-state index is 11.8. The van der Waals surface area contributed by atoms with Gasteiger partial charge in [0.25, 0.3) is 0 Å². The molecule has 2 N–H and O–H groups in total. The maximum atomic E-state index is 11.8. The van der Waals surface area contributed by atoms with E-state index in [1.165, 1.54) is 4.90 Å². The molecule has 0 aliphatic carbocycles. The van der Waals surface area contributed by atoms with Crippen molar-refractivity contribution >= 4 is 23.8 Å². The Morgan fingerprint density at radius 1 is 1.28 bits per heavy atom. The highest BCUT2D eigenvalue weighted by molar-refractivity contribution is 7.98. The monoisotopic (exact) mass is 277 g/mol. The van der Waals surface area contributed by atoms with Gasteiger partial charge in [-0.25, -0.2) is 9.59 Å². The fraction of sp³-hybridized carbons (Fsp3) is 0.818. The van der Waals surface area contributed by atoms with Gasteiger partial charge in [0.05, 0.1) is 0 Å². The minimum Gasteiger partial charge on any atom is -0.480 e. The van der Waals surface area contributed by atoms with Crippen LogP contribution in [0.4, 0.5) is 4.79 Å². The number of rotatable bonds is 8. The zero-order valence-corrected chi connectivity index (χ0v) is 12.3. The highest BCUT2D eigenvalue weighted by Gasteiger charge is 2.21. The van der Waals surface area contributed by atoms with Gasteiger partial charge in [0, 0.05) is 20.1 Å². The molecule has 0 fully saturated rings. The average molecular weight is 277 g/mol. The van der Waals surface area contributed by atoms with Gasteiger partial charge in [-0.2, -0.15) is 11.8 Å². The number of likely N-dealkylation sites (N-methyl/N-ethyl adjacent to an activating group) is 2. The van der Waals surface area contributed by atoms with E-state index in [4.69, 9.17) is 5.11 Å². The standard InChI is InChI=1S/C11H23N3O3S/c1-13(2)6-7-14(3)11(17)12-9(10(15)16)5-8-18-4/h9H,5-8H2,1-4H3,(H,12,17)(H,15,16)/t9-/m0/s1. The van der Waals surface area contributed by atoms with Gasteiger partial charge in [0.1, 0.15) is 6.04 Å². The summed E-state index contributed by atoms with van der Waals surface area (Å²) >= 11 is 1.56. The number of carboxylic acid groups (broad SMARTS) is 1. The van der Waals surface area contributed by atoms with Crippen LogP contribution >= 0.6 is 11.8 Å². The van der Waals surface area contributed by atoms with Crippen LogP contribution in [0.25, 0.3) is 0 Å². The van der Waals surface area contributed by atoms with Gasteiger partial charge in [-0.3, -0.25) is 0 Å². The first-order valence-electron chi connectivity index (χ1n) is 5.76. The topological polar surface area (TPSA) is 72.9 Å². The molecule has 0 aromatic rings. The first-order chi connectivity index (χ1) is 8.38. The highest BCUT2D eigenvalue weighted by Crippen LogP contribution is 2.01. The van der Waals surface area contributed by atoms with Crippen molar-refractivity contribution in [3.05, 3.63) is 0 Å². The number of amides is 2. The Hall–Kier alpha value is -0.950. The molecule has 1 atom stereocenters. The third kappa shape index (κ3) is 7.39. The van der Waals surface area contributed by atoms with Crippen molar-refractivity contribution in [2.75, 3.05) is 46.2 Å². The number of carbonyl (C=O) groups is 2. The van der Waals surface area contributed by atoms with E-state index in [2.05, 4.69) is 5.32 Å². The first-order valence-corrected chi connectivity index (χ1v) is 7.16. The lowest BCUT2D eigenvalue weighted by atomic mass is 10.2. The van der Waals surface area contributed by atoms with Crippen LogP contribution < -0.4 is 5.32 Å². The van der Waals surface area contributed by atoms with Crippen molar-refractivity contribution in [1.82, 2.24) is 15.1 Å². The summed E-state index contributed by atoms with van der Waals surface area (Å²) in [5.41, 5.74) is 0. The molecule has 0 rings (SSSR count). The normalized spacial score (nSPS) is 12.3. The molecule has 0 radical (unpaired) electrons. The van der Waals surface area contributed by atoms with Crippen LogP contribution in [0.1, 0.15) is 6.42 Å². The van der Waals surface area contributed by atoms with E-state index in [0.717, 1.165) is 6.54 Å². The summed E-state index contributed by atoms with van der Waals surface area (Å²) in [7, 11) is 5.50. The lowest BCUT2D eigenvalue weighted by Crippen LogP contribution is -2.48. The van der Waals surface area contributed by atoms with Crippen molar-refractivity contribution in [3.8, 4) is 0 Å². The molecule has 0 bridgehead atoms. The lowest BCUT2D eigenvalue weighted by molar-refractivity contribution is -0.139. The third-order valence-electron chi connectivity index (χ3n) is 2.44. The average Bonchev–Trinajstić information content (AvgIpc) is 2.30. The molecule has 0 aromatic carbocycles. The first kappa shape index (κ1) is 17.1. The Morgan fingerprint density at radius 3 is 2.33 bits per heavy atom. The van der Waals surface area contributed by atoms with E-state index in [1.807, 2.05) is 25.3 Å². The Labute approximate surface area is 113 Å². The van der Waals surface area contributed by atoms with Crippen LogP contribution in [0.3, 0.4) is 0 Å². The summed E-state index contributed by atoms with van der Waals surface area (Å²) in [5.74, 6) is -0.281. The Balaban J connectivity index is 4.18. The lowest BCUT2D eigenvalue weighted by Gasteiger charge is -2.22. The van der Waals surface area contributed by atoms with Gasteiger partial charge >= 0.3 is 12.0 Å². The number of nitrogens with zero attached hydrogens (tertiary/aromatic N) is 2. The molecule has 18 heavy (non-hydrogen) atoms. The molecule has 0 unspecified atom stereocenters. The van der Waals surface area contributed by atoms with E-state index in [0.29, 0.717) is 18.7 Å². The van der Waals surface area contributed by atoms with Crippen LogP contribution in [0.2, 0.25) is 0 Å². The molecule has 0 spiro atoms. The van der Waals surface area contributed by atoms with E-state index < -0.39 is 12.0 Å². The molecule has 0 saturated heterocycles. The summed E-state index contributed by atoms with van der Waals surface area (Å²) < 4.78 is 0. The predicted molar refractivity (Wildman–Crippen MR) is 74.1 cm³/mol. The Kier molecular flexibility index (Phi) is 8.57. The fourth-order valence-corrected chi connectivity index (χ4v) is 1.68. The van der Waals surface area contributed by atoms with Gasteiger partial charge < -0.3 is 20.2 Å². The van der Waals surface area contributed by atoms with Crippen LogP contribution in [-0.2, 0) is 4.79 Å². The van der Waals surface area contributed by atoms with Crippen molar-refractivity contribution in [3.63, 3.8) is 0 Å². The van der Waals surface area contributed by atoms with Crippen LogP contribution in [0.15, 0.2) is 0 Å². The third-order valence-corrected chi connectivity index (χ3v) is 3.08. The summed E-state index contributed by atoms with van der Waals surface area (Å²) in [5, 5.41) is 11.5. The second-order valence-electron chi connectivity index (χ2n) is 4.35. The van der Waals surface area contributed by atoms with Crippen molar-refractivity contribution < 1.29 is 14.7 Å². The molecule has 106 valence electrons. The molecule has 0 aliphatic heterocycles. The predicted octanol–water partition coefficient (Wildman–Crippen LogP) is 0.396. The van der Waals surface area contributed by atoms with Gasteiger partial charge in [0.2, 0.25) is 0 Å². The minimum absolute atomic E-state index is 0.342. The van der Waals surface area contributed by atoms with Gasteiger partial charge in [-0.05, 0) is 32.5 Å². The van der Waals surface area contributed by atoms with Crippen LogP contribution in [0, 0.1) is 0 Å². The Morgan fingerprint density at radius 2 is 1.89 bits per heavy atom.